The number of nitrogens with one attached hydrogen (secondary N) is 2. The molecule has 0 bridgehead atoms. The van der Waals surface area contributed by atoms with E-state index in [9.17, 15) is 9.59 Å². The third kappa shape index (κ3) is 4.01. The molecular weight excluding hydrogens is 352 g/mol. The van der Waals surface area contributed by atoms with Gasteiger partial charge >= 0.3 is 6.03 Å². The van der Waals surface area contributed by atoms with Crippen molar-refractivity contribution in [3.05, 3.63) is 59.3 Å². The zero-order chi connectivity index (χ0) is 19.5. The van der Waals surface area contributed by atoms with Crippen molar-refractivity contribution in [2.45, 2.75) is 38.6 Å². The molecule has 146 valence electrons. The predicted octanol–water partition coefficient (Wildman–Crippen LogP) is 3.44. The first-order chi connectivity index (χ1) is 13.6. The maximum absolute atomic E-state index is 12.7. The van der Waals surface area contributed by atoms with Gasteiger partial charge in [-0.05, 0) is 61.4 Å². The van der Waals surface area contributed by atoms with Crippen LogP contribution in [0.2, 0.25) is 0 Å². The summed E-state index contributed by atoms with van der Waals surface area (Å²) in [5, 5.41) is 6.07. The molecule has 2 heterocycles. The fourth-order valence-corrected chi connectivity index (χ4v) is 4.12. The van der Waals surface area contributed by atoms with Crippen molar-refractivity contribution in [2.75, 3.05) is 18.4 Å². The number of aromatic nitrogens is 1. The zero-order valence-corrected chi connectivity index (χ0v) is 16.1. The molecule has 28 heavy (non-hydrogen) atoms. The third-order valence-corrected chi connectivity index (χ3v) is 5.75. The molecule has 0 saturated carbocycles. The molecule has 3 amide bonds. The first-order valence-electron chi connectivity index (χ1n) is 9.97. The van der Waals surface area contributed by atoms with Crippen molar-refractivity contribution in [3.8, 4) is 0 Å². The maximum atomic E-state index is 12.7. The molecule has 1 fully saturated rings. The number of fused-ring (bicyclic) bond motifs is 1. The Kier molecular flexibility index (Phi) is 5.28. The summed E-state index contributed by atoms with van der Waals surface area (Å²) in [6, 6.07) is 12.1. The van der Waals surface area contributed by atoms with Gasteiger partial charge in [-0.2, -0.15) is 0 Å². The molecule has 1 aliphatic heterocycles. The van der Waals surface area contributed by atoms with E-state index >= 15 is 0 Å². The number of nitrogens with zero attached hydrogens (tertiary/aromatic N) is 2. The van der Waals surface area contributed by atoms with Crippen molar-refractivity contribution in [2.24, 2.45) is 5.92 Å². The van der Waals surface area contributed by atoms with Gasteiger partial charge in [0.15, 0.2) is 0 Å². The summed E-state index contributed by atoms with van der Waals surface area (Å²) in [6.07, 6.45) is 5.00. The van der Waals surface area contributed by atoms with Gasteiger partial charge in [-0.25, -0.2) is 9.78 Å². The fraction of sp³-hybridized carbons (Fsp3) is 0.409. The molecule has 6 nitrogen and oxygen atoms in total. The van der Waals surface area contributed by atoms with Crippen LogP contribution >= 0.6 is 0 Å². The van der Waals surface area contributed by atoms with Gasteiger partial charge in [0.25, 0.3) is 0 Å². The number of urea groups is 1. The van der Waals surface area contributed by atoms with E-state index < -0.39 is 0 Å². The average Bonchev–Trinajstić information content (AvgIpc) is 3.11. The van der Waals surface area contributed by atoms with Gasteiger partial charge in [-0.1, -0.05) is 24.3 Å². The summed E-state index contributed by atoms with van der Waals surface area (Å²) < 4.78 is 0. The highest BCUT2D eigenvalue weighted by molar-refractivity contribution is 5.92. The SMILES string of the molecule is Cc1ccnc(NC(=O)C2CCN(C(=O)N[C@@H]3CCc4ccccc43)CC2)c1. The van der Waals surface area contributed by atoms with E-state index in [0.29, 0.717) is 31.7 Å². The van der Waals surface area contributed by atoms with Gasteiger partial charge in [0.1, 0.15) is 5.82 Å². The molecule has 0 spiro atoms. The van der Waals surface area contributed by atoms with Crippen molar-refractivity contribution in [3.63, 3.8) is 0 Å². The number of aryl methyl sites for hydroxylation is 2. The summed E-state index contributed by atoms with van der Waals surface area (Å²) in [6.45, 7) is 3.16. The van der Waals surface area contributed by atoms with E-state index in [-0.39, 0.29) is 23.9 Å². The van der Waals surface area contributed by atoms with Gasteiger partial charge in [0, 0.05) is 25.2 Å². The Morgan fingerprint density at radius 2 is 1.89 bits per heavy atom. The van der Waals surface area contributed by atoms with Crippen LogP contribution in [0.3, 0.4) is 0 Å². The standard InChI is InChI=1S/C22H26N4O2/c1-15-8-11-23-20(14-15)25-21(27)17-9-12-26(13-10-17)22(28)24-19-7-6-16-4-2-3-5-18(16)19/h2-5,8,11,14,17,19H,6-7,9-10,12-13H2,1H3,(H,24,28)(H,23,25,27)/t19-/m1/s1. The van der Waals surface area contributed by atoms with Gasteiger partial charge < -0.3 is 15.5 Å². The monoisotopic (exact) mass is 378 g/mol. The van der Waals surface area contributed by atoms with Crippen LogP contribution in [-0.2, 0) is 11.2 Å². The lowest BCUT2D eigenvalue weighted by atomic mass is 9.96. The van der Waals surface area contributed by atoms with E-state index in [1.165, 1.54) is 11.1 Å². The number of amides is 3. The van der Waals surface area contributed by atoms with Gasteiger partial charge in [0.05, 0.1) is 6.04 Å². The second-order valence-corrected chi connectivity index (χ2v) is 7.71. The molecule has 2 N–H and O–H groups in total. The van der Waals surface area contributed by atoms with Crippen molar-refractivity contribution >= 4 is 17.8 Å². The number of piperidine rings is 1. The minimum Gasteiger partial charge on any atom is -0.331 e. The lowest BCUT2D eigenvalue weighted by Gasteiger charge is -2.32. The molecular formula is C22H26N4O2. The highest BCUT2D eigenvalue weighted by atomic mass is 16.2. The number of hydrogen-bond acceptors (Lipinski definition) is 3. The summed E-state index contributed by atoms with van der Waals surface area (Å²) in [4.78, 5) is 31.2. The Bertz CT molecular complexity index is 874. The minimum atomic E-state index is -0.0847. The number of pyridine rings is 1. The quantitative estimate of drug-likeness (QED) is 0.859. The number of likely N-dealkylation sites (tertiary alicyclic amines) is 1. The van der Waals surface area contributed by atoms with Crippen LogP contribution in [0.5, 0.6) is 0 Å². The highest BCUT2D eigenvalue weighted by Gasteiger charge is 2.30. The summed E-state index contributed by atoms with van der Waals surface area (Å²) in [5.41, 5.74) is 3.62. The average molecular weight is 378 g/mol. The fourth-order valence-electron chi connectivity index (χ4n) is 4.12. The summed E-state index contributed by atoms with van der Waals surface area (Å²) >= 11 is 0. The molecule has 4 rings (SSSR count). The van der Waals surface area contributed by atoms with Crippen molar-refractivity contribution in [1.82, 2.24) is 15.2 Å². The van der Waals surface area contributed by atoms with Gasteiger partial charge in [-0.15, -0.1) is 0 Å². The van der Waals surface area contributed by atoms with E-state index in [1.807, 2.05) is 36.1 Å². The lowest BCUT2D eigenvalue weighted by Crippen LogP contribution is -2.46. The first-order valence-corrected chi connectivity index (χ1v) is 9.97. The predicted molar refractivity (Wildman–Crippen MR) is 108 cm³/mol. The third-order valence-electron chi connectivity index (χ3n) is 5.75. The molecule has 0 unspecified atom stereocenters. The molecule has 2 aromatic rings. The first kappa shape index (κ1) is 18.5. The molecule has 1 atom stereocenters. The maximum Gasteiger partial charge on any atom is 0.317 e. The Morgan fingerprint density at radius 3 is 2.68 bits per heavy atom. The second-order valence-electron chi connectivity index (χ2n) is 7.71. The lowest BCUT2D eigenvalue weighted by molar-refractivity contribution is -0.121. The molecule has 1 aliphatic carbocycles. The number of anilines is 1. The number of rotatable bonds is 3. The van der Waals surface area contributed by atoms with Crippen LogP contribution in [-0.4, -0.2) is 34.9 Å². The Balaban J connectivity index is 1.28. The van der Waals surface area contributed by atoms with Gasteiger partial charge in [0.2, 0.25) is 5.91 Å². The number of benzene rings is 1. The van der Waals surface area contributed by atoms with E-state index in [4.69, 9.17) is 0 Å². The van der Waals surface area contributed by atoms with Crippen LogP contribution in [0.15, 0.2) is 42.6 Å². The number of hydrogen-bond donors (Lipinski definition) is 2. The summed E-state index contributed by atoms with van der Waals surface area (Å²) in [7, 11) is 0. The highest BCUT2D eigenvalue weighted by Crippen LogP contribution is 2.31. The van der Waals surface area contributed by atoms with Crippen LogP contribution in [0.4, 0.5) is 10.6 Å². The Hall–Kier alpha value is -2.89. The van der Waals surface area contributed by atoms with Gasteiger partial charge in [-0.3, -0.25) is 4.79 Å². The topological polar surface area (TPSA) is 74.3 Å². The second kappa shape index (κ2) is 8.00. The molecule has 1 aromatic carbocycles. The number of carbonyl (C=O) groups is 2. The van der Waals surface area contributed by atoms with Crippen molar-refractivity contribution < 1.29 is 9.59 Å². The molecule has 0 radical (unpaired) electrons. The normalized spacial score (nSPS) is 19.2. The molecule has 6 heteroatoms. The Morgan fingerprint density at radius 1 is 1.11 bits per heavy atom. The largest absolute Gasteiger partial charge is 0.331 e. The van der Waals surface area contributed by atoms with E-state index in [0.717, 1.165) is 18.4 Å². The van der Waals surface area contributed by atoms with Crippen LogP contribution in [0.25, 0.3) is 0 Å². The number of carbonyl (C=O) groups excluding carboxylic acids is 2. The van der Waals surface area contributed by atoms with E-state index in [2.05, 4.69) is 27.8 Å². The van der Waals surface area contributed by atoms with E-state index in [1.54, 1.807) is 6.20 Å². The van der Waals surface area contributed by atoms with Crippen LogP contribution < -0.4 is 10.6 Å². The zero-order valence-electron chi connectivity index (χ0n) is 16.1. The Labute approximate surface area is 165 Å². The minimum absolute atomic E-state index is 0.0112. The summed E-state index contributed by atoms with van der Waals surface area (Å²) in [5.74, 6) is 0.492. The van der Waals surface area contributed by atoms with Crippen LogP contribution in [0.1, 0.15) is 42.0 Å². The molecule has 1 saturated heterocycles. The molecule has 2 aliphatic rings. The van der Waals surface area contributed by atoms with Crippen LogP contribution in [0, 0.1) is 12.8 Å². The smallest absolute Gasteiger partial charge is 0.317 e. The molecule has 1 aromatic heterocycles. The van der Waals surface area contributed by atoms with Crippen molar-refractivity contribution in [1.29, 1.82) is 0 Å².